The second-order valence-electron chi connectivity index (χ2n) is 4.68. The number of amides is 2. The molecule has 0 saturated carbocycles. The van der Waals surface area contributed by atoms with Crippen LogP contribution in [0.1, 0.15) is 29.8 Å². The van der Waals surface area contributed by atoms with E-state index in [0.717, 1.165) is 11.8 Å². The Morgan fingerprint density at radius 2 is 2.11 bits per heavy atom. The Morgan fingerprint density at radius 1 is 1.42 bits per heavy atom. The minimum Gasteiger partial charge on any atom is -0.396 e. The fourth-order valence-electron chi connectivity index (χ4n) is 1.58. The first-order chi connectivity index (χ1) is 8.99. The van der Waals surface area contributed by atoms with Gasteiger partial charge in [0.25, 0.3) is 0 Å². The lowest BCUT2D eigenvalue weighted by atomic mass is 10.1. The number of rotatable bonds is 5. The summed E-state index contributed by atoms with van der Waals surface area (Å²) in [4.78, 5) is 22.6. The quantitative estimate of drug-likeness (QED) is 0.711. The van der Waals surface area contributed by atoms with Gasteiger partial charge in [0, 0.05) is 23.9 Å². The van der Waals surface area contributed by atoms with E-state index in [-0.39, 0.29) is 24.6 Å². The van der Waals surface area contributed by atoms with Crippen molar-refractivity contribution in [3.63, 3.8) is 0 Å². The van der Waals surface area contributed by atoms with E-state index in [2.05, 4.69) is 10.6 Å². The normalized spacial score (nSPS) is 13.5. The summed E-state index contributed by atoms with van der Waals surface area (Å²) in [7, 11) is 0. The summed E-state index contributed by atoms with van der Waals surface area (Å²) in [6.45, 7) is 5.47. The number of hydrogen-bond acceptors (Lipinski definition) is 3. The van der Waals surface area contributed by atoms with Crippen LogP contribution in [0.15, 0.2) is 18.2 Å². The molecule has 0 fully saturated rings. The highest BCUT2D eigenvalue weighted by Crippen LogP contribution is 2.17. The van der Waals surface area contributed by atoms with Gasteiger partial charge in [-0.15, -0.1) is 0 Å². The van der Waals surface area contributed by atoms with Crippen LogP contribution in [0.2, 0.25) is 0 Å². The molecule has 0 aromatic heterocycles. The van der Waals surface area contributed by atoms with Gasteiger partial charge < -0.3 is 15.7 Å². The van der Waals surface area contributed by atoms with E-state index >= 15 is 0 Å². The molecule has 19 heavy (non-hydrogen) atoms. The van der Waals surface area contributed by atoms with Gasteiger partial charge in [-0.1, -0.05) is 19.1 Å². The molecule has 5 nitrogen and oxygen atoms in total. The molecule has 104 valence electrons. The molecule has 0 spiro atoms. The van der Waals surface area contributed by atoms with Gasteiger partial charge in [-0.2, -0.15) is 0 Å². The van der Waals surface area contributed by atoms with E-state index in [1.54, 1.807) is 25.1 Å². The fourth-order valence-corrected chi connectivity index (χ4v) is 1.58. The topological polar surface area (TPSA) is 78.4 Å². The maximum atomic E-state index is 11.8. The van der Waals surface area contributed by atoms with Crippen LogP contribution in [0.3, 0.4) is 0 Å². The Bertz CT molecular complexity index is 460. The van der Waals surface area contributed by atoms with Crippen LogP contribution in [-0.2, 0) is 0 Å². The molecule has 0 saturated heterocycles. The maximum Gasteiger partial charge on any atom is 0.319 e. The maximum absolute atomic E-state index is 11.8. The van der Waals surface area contributed by atoms with Crippen molar-refractivity contribution in [1.82, 2.24) is 5.32 Å². The molecule has 0 radical (unpaired) electrons. The van der Waals surface area contributed by atoms with Gasteiger partial charge in [-0.05, 0) is 31.4 Å². The van der Waals surface area contributed by atoms with Crippen molar-refractivity contribution in [2.75, 3.05) is 11.9 Å². The van der Waals surface area contributed by atoms with Crippen LogP contribution < -0.4 is 10.6 Å². The summed E-state index contributed by atoms with van der Waals surface area (Å²) in [5.41, 5.74) is 1.89. The molecule has 5 heteroatoms. The Kier molecular flexibility index (Phi) is 5.51. The molecule has 0 aliphatic carbocycles. The van der Waals surface area contributed by atoms with Crippen LogP contribution in [0.4, 0.5) is 10.5 Å². The molecule has 0 aliphatic heterocycles. The van der Waals surface area contributed by atoms with Crippen molar-refractivity contribution in [2.45, 2.75) is 26.8 Å². The molecular weight excluding hydrogens is 244 g/mol. The van der Waals surface area contributed by atoms with E-state index in [1.165, 1.54) is 0 Å². The van der Waals surface area contributed by atoms with Crippen LogP contribution >= 0.6 is 0 Å². The summed E-state index contributed by atoms with van der Waals surface area (Å²) in [5.74, 6) is -0.0202. The average Bonchev–Trinajstić information content (AvgIpc) is 2.40. The minimum absolute atomic E-state index is 0.0150. The lowest BCUT2D eigenvalue weighted by Gasteiger charge is -2.20. The largest absolute Gasteiger partial charge is 0.396 e. The molecule has 3 N–H and O–H groups in total. The number of anilines is 1. The predicted octanol–water partition coefficient (Wildman–Crippen LogP) is 1.95. The first kappa shape index (κ1) is 15.2. The molecule has 0 aliphatic rings. The van der Waals surface area contributed by atoms with E-state index in [4.69, 9.17) is 5.11 Å². The number of carbonyl (C=O) groups is 2. The van der Waals surface area contributed by atoms with Crippen molar-refractivity contribution < 1.29 is 14.7 Å². The van der Waals surface area contributed by atoms with Gasteiger partial charge in [0.1, 0.15) is 6.29 Å². The van der Waals surface area contributed by atoms with Crippen LogP contribution in [0.25, 0.3) is 0 Å². The van der Waals surface area contributed by atoms with E-state index < -0.39 is 0 Å². The zero-order chi connectivity index (χ0) is 14.4. The number of aldehydes is 1. The van der Waals surface area contributed by atoms with Gasteiger partial charge in [-0.3, -0.25) is 4.79 Å². The number of aliphatic hydroxyl groups excluding tert-OH is 1. The molecule has 0 heterocycles. The van der Waals surface area contributed by atoms with E-state index in [9.17, 15) is 9.59 Å². The van der Waals surface area contributed by atoms with Crippen LogP contribution in [0.5, 0.6) is 0 Å². The second-order valence-corrected chi connectivity index (χ2v) is 4.68. The first-order valence-electron chi connectivity index (χ1n) is 6.22. The highest BCUT2D eigenvalue weighted by atomic mass is 16.3. The molecular formula is C14H20N2O3. The second kappa shape index (κ2) is 6.89. The summed E-state index contributed by atoms with van der Waals surface area (Å²) in [5, 5.41) is 14.5. The molecule has 1 rings (SSSR count). The monoisotopic (exact) mass is 264 g/mol. The number of carbonyl (C=O) groups excluding carboxylic acids is 2. The lowest BCUT2D eigenvalue weighted by molar-refractivity contribution is 0.112. The standard InChI is InChI=1S/C14H20N2O3/c1-9(7-17)11(3)15-14(19)16-13-6-4-5-12(8-18)10(13)2/h4-6,8-9,11,17H,7H2,1-3H3,(H2,15,16,19). The molecule has 0 bridgehead atoms. The van der Waals surface area contributed by atoms with E-state index in [1.807, 2.05) is 13.8 Å². The Morgan fingerprint density at radius 3 is 2.68 bits per heavy atom. The minimum atomic E-state index is -0.348. The average molecular weight is 264 g/mol. The Balaban J connectivity index is 2.70. The first-order valence-corrected chi connectivity index (χ1v) is 6.22. The highest BCUT2D eigenvalue weighted by Gasteiger charge is 2.14. The number of hydrogen-bond donors (Lipinski definition) is 3. The third kappa shape index (κ3) is 4.06. The third-order valence-corrected chi connectivity index (χ3v) is 3.25. The molecule has 1 aromatic carbocycles. The van der Waals surface area contributed by atoms with Gasteiger partial charge in [0.2, 0.25) is 0 Å². The summed E-state index contributed by atoms with van der Waals surface area (Å²) >= 11 is 0. The molecule has 1 aromatic rings. The smallest absolute Gasteiger partial charge is 0.319 e. The van der Waals surface area contributed by atoms with Gasteiger partial charge in [0.15, 0.2) is 0 Å². The molecule has 2 atom stereocenters. The fraction of sp³-hybridized carbons (Fsp3) is 0.429. The van der Waals surface area contributed by atoms with Crippen LogP contribution in [0, 0.1) is 12.8 Å². The van der Waals surface area contributed by atoms with Gasteiger partial charge in [0.05, 0.1) is 0 Å². The molecule has 2 amide bonds. The number of nitrogens with one attached hydrogen (secondary N) is 2. The number of urea groups is 1. The highest BCUT2D eigenvalue weighted by molar-refractivity contribution is 5.92. The molecule has 2 unspecified atom stereocenters. The van der Waals surface area contributed by atoms with Crippen molar-refractivity contribution in [1.29, 1.82) is 0 Å². The van der Waals surface area contributed by atoms with Crippen molar-refractivity contribution >= 4 is 18.0 Å². The lowest BCUT2D eigenvalue weighted by Crippen LogP contribution is -2.40. The number of benzene rings is 1. The van der Waals surface area contributed by atoms with Crippen molar-refractivity contribution in [3.05, 3.63) is 29.3 Å². The Hall–Kier alpha value is -1.88. The zero-order valence-electron chi connectivity index (χ0n) is 11.4. The summed E-state index contributed by atoms with van der Waals surface area (Å²) < 4.78 is 0. The van der Waals surface area contributed by atoms with Gasteiger partial charge in [-0.25, -0.2) is 4.79 Å². The van der Waals surface area contributed by atoms with E-state index in [0.29, 0.717) is 11.3 Å². The van der Waals surface area contributed by atoms with Crippen molar-refractivity contribution in [3.8, 4) is 0 Å². The SMILES string of the molecule is Cc1c(C=O)cccc1NC(=O)NC(C)C(C)CO. The van der Waals surface area contributed by atoms with Crippen LogP contribution in [-0.4, -0.2) is 30.1 Å². The summed E-state index contributed by atoms with van der Waals surface area (Å²) in [6, 6.07) is 4.66. The van der Waals surface area contributed by atoms with Crippen molar-refractivity contribution in [2.24, 2.45) is 5.92 Å². The summed E-state index contributed by atoms with van der Waals surface area (Å²) in [6.07, 6.45) is 0.759. The zero-order valence-corrected chi connectivity index (χ0v) is 11.4. The third-order valence-electron chi connectivity index (χ3n) is 3.25. The predicted molar refractivity (Wildman–Crippen MR) is 74.4 cm³/mol. The number of aliphatic hydroxyl groups is 1. The Labute approximate surface area is 113 Å². The van der Waals surface area contributed by atoms with Gasteiger partial charge >= 0.3 is 6.03 Å².